The molecule has 0 aliphatic heterocycles. The molecule has 0 radical (unpaired) electrons. The fraction of sp³-hybridized carbons (Fsp3) is 0.143. The van der Waals surface area contributed by atoms with Crippen LogP contribution in [0.15, 0.2) is 36.4 Å². The van der Waals surface area contributed by atoms with Crippen LogP contribution in [-0.2, 0) is 6.18 Å². The van der Waals surface area contributed by atoms with Gasteiger partial charge in [0.25, 0.3) is 0 Å². The number of aromatic nitrogens is 1. The molecule has 2 rings (SSSR count). The highest BCUT2D eigenvalue weighted by atomic mass is 19.4. The topological polar surface area (TPSA) is 59.4 Å². The molecule has 0 aliphatic rings. The standard InChI is InChI=1S/C14H7F6NO3/c15-13(16,17)11-9(12(22)23)5-6-10(21-11)7-1-3-8(4-2-7)24-14(18,19)20/h1-6H,(H,22,23). The van der Waals surface area contributed by atoms with Gasteiger partial charge in [-0.3, -0.25) is 0 Å². The number of hydrogen-bond donors (Lipinski definition) is 1. The molecule has 0 aliphatic carbocycles. The number of rotatable bonds is 3. The van der Waals surface area contributed by atoms with E-state index in [0.717, 1.165) is 36.4 Å². The Morgan fingerprint density at radius 1 is 0.958 bits per heavy atom. The number of carbonyl (C=O) groups is 1. The fourth-order valence-corrected chi connectivity index (χ4v) is 1.84. The number of carboxylic acids is 1. The zero-order valence-corrected chi connectivity index (χ0v) is 11.4. The number of aromatic carboxylic acids is 1. The van der Waals surface area contributed by atoms with Crippen LogP contribution in [0.1, 0.15) is 16.1 Å². The van der Waals surface area contributed by atoms with Gasteiger partial charge in [0, 0.05) is 5.56 Å². The van der Waals surface area contributed by atoms with Crippen LogP contribution in [0.4, 0.5) is 26.3 Å². The van der Waals surface area contributed by atoms with E-state index in [4.69, 9.17) is 5.11 Å². The molecule has 10 heteroatoms. The summed E-state index contributed by atoms with van der Waals surface area (Å²) in [4.78, 5) is 14.1. The molecule has 2 aromatic rings. The number of halogens is 6. The summed E-state index contributed by atoms with van der Waals surface area (Å²) < 4.78 is 78.5. The van der Waals surface area contributed by atoms with Gasteiger partial charge < -0.3 is 9.84 Å². The third-order valence-electron chi connectivity index (χ3n) is 2.78. The Morgan fingerprint density at radius 3 is 2.00 bits per heavy atom. The van der Waals surface area contributed by atoms with Crippen LogP contribution >= 0.6 is 0 Å². The van der Waals surface area contributed by atoms with E-state index in [1.807, 2.05) is 0 Å². The number of carboxylic acid groups (broad SMARTS) is 1. The Hall–Kier alpha value is -2.78. The van der Waals surface area contributed by atoms with E-state index in [-0.39, 0.29) is 11.3 Å². The van der Waals surface area contributed by atoms with E-state index in [9.17, 15) is 31.1 Å². The van der Waals surface area contributed by atoms with Crippen molar-refractivity contribution in [3.63, 3.8) is 0 Å². The second-order valence-corrected chi connectivity index (χ2v) is 4.47. The van der Waals surface area contributed by atoms with Crippen LogP contribution < -0.4 is 4.74 Å². The van der Waals surface area contributed by atoms with Gasteiger partial charge in [0.05, 0.1) is 11.3 Å². The fourth-order valence-electron chi connectivity index (χ4n) is 1.84. The molecule has 1 aromatic heterocycles. The summed E-state index contributed by atoms with van der Waals surface area (Å²) in [5.41, 5.74) is -2.80. The lowest BCUT2D eigenvalue weighted by Crippen LogP contribution is -2.17. The van der Waals surface area contributed by atoms with Crippen molar-refractivity contribution < 1.29 is 41.0 Å². The quantitative estimate of drug-likeness (QED) is 0.835. The van der Waals surface area contributed by atoms with Gasteiger partial charge in [-0.15, -0.1) is 13.2 Å². The Kier molecular flexibility index (Phi) is 4.41. The van der Waals surface area contributed by atoms with E-state index < -0.39 is 35.5 Å². The van der Waals surface area contributed by atoms with Crippen molar-refractivity contribution in [1.29, 1.82) is 0 Å². The molecule has 0 saturated carbocycles. The first kappa shape index (κ1) is 17.6. The molecule has 1 N–H and O–H groups in total. The first-order valence-corrected chi connectivity index (χ1v) is 6.15. The average molecular weight is 351 g/mol. The van der Waals surface area contributed by atoms with Crippen molar-refractivity contribution >= 4 is 5.97 Å². The molecular weight excluding hydrogens is 344 g/mol. The molecular formula is C14H7F6NO3. The lowest BCUT2D eigenvalue weighted by atomic mass is 10.1. The Balaban J connectivity index is 2.41. The Labute approximate surface area is 130 Å². The van der Waals surface area contributed by atoms with Crippen LogP contribution in [0.2, 0.25) is 0 Å². The number of nitrogens with zero attached hydrogens (tertiary/aromatic N) is 1. The van der Waals surface area contributed by atoms with Crippen LogP contribution in [0.3, 0.4) is 0 Å². The predicted molar refractivity (Wildman–Crippen MR) is 68.3 cm³/mol. The second-order valence-electron chi connectivity index (χ2n) is 4.47. The van der Waals surface area contributed by atoms with Crippen LogP contribution in [-0.4, -0.2) is 22.4 Å². The Morgan fingerprint density at radius 2 is 1.54 bits per heavy atom. The van der Waals surface area contributed by atoms with E-state index in [0.29, 0.717) is 0 Å². The molecule has 0 fully saturated rings. The Bertz CT molecular complexity index is 753. The van der Waals surface area contributed by atoms with Gasteiger partial charge in [-0.05, 0) is 36.4 Å². The average Bonchev–Trinajstić information content (AvgIpc) is 2.44. The maximum absolute atomic E-state index is 12.9. The minimum absolute atomic E-state index is 0.0620. The first-order chi connectivity index (χ1) is 11.0. The zero-order chi connectivity index (χ0) is 18.1. The van der Waals surface area contributed by atoms with Gasteiger partial charge in [0.2, 0.25) is 0 Å². The van der Waals surface area contributed by atoms with Crippen molar-refractivity contribution in [1.82, 2.24) is 4.98 Å². The highest BCUT2D eigenvalue weighted by Crippen LogP contribution is 2.33. The van der Waals surface area contributed by atoms with E-state index in [2.05, 4.69) is 9.72 Å². The summed E-state index contributed by atoms with van der Waals surface area (Å²) in [6.07, 6.45) is -9.89. The van der Waals surface area contributed by atoms with Gasteiger partial charge in [-0.25, -0.2) is 9.78 Å². The van der Waals surface area contributed by atoms with E-state index >= 15 is 0 Å². The number of hydrogen-bond acceptors (Lipinski definition) is 3. The number of alkyl halides is 6. The summed E-state index contributed by atoms with van der Waals surface area (Å²) in [7, 11) is 0. The van der Waals surface area contributed by atoms with E-state index in [1.54, 1.807) is 0 Å². The van der Waals surface area contributed by atoms with Crippen LogP contribution in [0, 0.1) is 0 Å². The van der Waals surface area contributed by atoms with Gasteiger partial charge in [0.15, 0.2) is 5.69 Å². The summed E-state index contributed by atoms with van der Waals surface area (Å²) in [5.74, 6) is -2.35. The minimum Gasteiger partial charge on any atom is -0.478 e. The second kappa shape index (κ2) is 6.02. The highest BCUT2D eigenvalue weighted by Gasteiger charge is 2.37. The number of pyridine rings is 1. The molecule has 0 amide bonds. The van der Waals surface area contributed by atoms with Crippen molar-refractivity contribution in [3.8, 4) is 17.0 Å². The monoisotopic (exact) mass is 351 g/mol. The van der Waals surface area contributed by atoms with E-state index in [1.165, 1.54) is 0 Å². The molecule has 1 aromatic carbocycles. The summed E-state index contributed by atoms with van der Waals surface area (Å²) in [6, 6.07) is 5.71. The molecule has 0 saturated heterocycles. The maximum atomic E-state index is 12.9. The third-order valence-corrected chi connectivity index (χ3v) is 2.78. The molecule has 4 nitrogen and oxygen atoms in total. The van der Waals surface area contributed by atoms with Crippen LogP contribution in [0.5, 0.6) is 5.75 Å². The smallest absolute Gasteiger partial charge is 0.478 e. The lowest BCUT2D eigenvalue weighted by Gasteiger charge is -2.12. The summed E-state index contributed by atoms with van der Waals surface area (Å²) >= 11 is 0. The molecule has 1 heterocycles. The van der Waals surface area contributed by atoms with Crippen LogP contribution in [0.25, 0.3) is 11.3 Å². The number of ether oxygens (including phenoxy) is 1. The first-order valence-electron chi connectivity index (χ1n) is 6.15. The largest absolute Gasteiger partial charge is 0.573 e. The molecule has 24 heavy (non-hydrogen) atoms. The van der Waals surface area contributed by atoms with Gasteiger partial charge in [0.1, 0.15) is 5.75 Å². The van der Waals surface area contributed by atoms with Crippen molar-refractivity contribution in [2.75, 3.05) is 0 Å². The molecule has 128 valence electrons. The van der Waals surface area contributed by atoms with Crippen molar-refractivity contribution in [3.05, 3.63) is 47.7 Å². The van der Waals surface area contributed by atoms with Crippen molar-refractivity contribution in [2.45, 2.75) is 12.5 Å². The molecule has 0 atom stereocenters. The molecule has 0 unspecified atom stereocenters. The maximum Gasteiger partial charge on any atom is 0.573 e. The summed E-state index contributed by atoms with van der Waals surface area (Å²) in [5, 5.41) is 8.77. The molecule has 0 spiro atoms. The minimum atomic E-state index is -5.00. The summed E-state index contributed by atoms with van der Waals surface area (Å²) in [6.45, 7) is 0. The highest BCUT2D eigenvalue weighted by molar-refractivity contribution is 5.89. The third kappa shape index (κ3) is 4.15. The SMILES string of the molecule is O=C(O)c1ccc(-c2ccc(OC(F)(F)F)cc2)nc1C(F)(F)F. The predicted octanol–water partition coefficient (Wildman–Crippen LogP) is 4.36. The lowest BCUT2D eigenvalue weighted by molar-refractivity contribution is -0.274. The normalized spacial score (nSPS) is 12.1. The van der Waals surface area contributed by atoms with Gasteiger partial charge in [-0.1, -0.05) is 0 Å². The molecule has 0 bridgehead atoms. The van der Waals surface area contributed by atoms with Crippen molar-refractivity contribution in [2.24, 2.45) is 0 Å². The van der Waals surface area contributed by atoms with Gasteiger partial charge >= 0.3 is 18.5 Å². The zero-order valence-electron chi connectivity index (χ0n) is 11.4. The number of benzene rings is 1. The van der Waals surface area contributed by atoms with Gasteiger partial charge in [-0.2, -0.15) is 13.2 Å².